The van der Waals surface area contributed by atoms with Crippen molar-refractivity contribution in [2.45, 2.75) is 43.8 Å². The Kier molecular flexibility index (Phi) is 3.12. The number of nitrogens with zero attached hydrogens (tertiary/aromatic N) is 2. The number of rotatable bonds is 5. The molecule has 1 heterocycles. The molecule has 0 aliphatic heterocycles. The van der Waals surface area contributed by atoms with Gasteiger partial charge in [-0.05, 0) is 51.6 Å². The average Bonchev–Trinajstić information content (AvgIpc) is 3.06. The summed E-state index contributed by atoms with van der Waals surface area (Å²) in [5.74, 6) is 0.579. The van der Waals surface area contributed by atoms with Gasteiger partial charge in [-0.15, -0.1) is 0 Å². The monoisotopic (exact) mass is 251 g/mol. The van der Waals surface area contributed by atoms with Crippen molar-refractivity contribution >= 4 is 24.2 Å². The Balaban J connectivity index is 2.08. The van der Waals surface area contributed by atoms with Gasteiger partial charge < -0.3 is 4.79 Å². The lowest BCUT2D eigenvalue weighted by Gasteiger charge is -2.17. The Morgan fingerprint density at radius 2 is 2.24 bits per heavy atom. The topological polar surface area (TPSA) is 54.9 Å². The minimum Gasteiger partial charge on any atom is -0.302 e. The smallest absolute Gasteiger partial charge is 0.233 e. The SMILES string of the molecule is CC1(SNc2nccc(C(C)(C)C=O)n2)CC1. The summed E-state index contributed by atoms with van der Waals surface area (Å²) in [7, 11) is 0. The molecule has 0 amide bonds. The summed E-state index contributed by atoms with van der Waals surface area (Å²) in [6.07, 6.45) is 5.05. The molecule has 0 unspecified atom stereocenters. The molecule has 92 valence electrons. The molecule has 5 heteroatoms. The number of carbonyl (C=O) groups is 1. The second-order valence-electron chi connectivity index (χ2n) is 5.26. The molecule has 1 aliphatic carbocycles. The molecule has 1 aromatic rings. The first-order valence-electron chi connectivity index (χ1n) is 5.69. The highest BCUT2D eigenvalue weighted by atomic mass is 32.2. The van der Waals surface area contributed by atoms with E-state index in [9.17, 15) is 4.79 Å². The molecule has 17 heavy (non-hydrogen) atoms. The van der Waals surface area contributed by atoms with Gasteiger partial charge in [0.05, 0.1) is 11.1 Å². The van der Waals surface area contributed by atoms with E-state index in [1.807, 2.05) is 13.8 Å². The van der Waals surface area contributed by atoms with Crippen molar-refractivity contribution in [1.82, 2.24) is 9.97 Å². The van der Waals surface area contributed by atoms with E-state index >= 15 is 0 Å². The summed E-state index contributed by atoms with van der Waals surface area (Å²) in [5.41, 5.74) is 0.180. The van der Waals surface area contributed by atoms with E-state index in [1.54, 1.807) is 24.2 Å². The van der Waals surface area contributed by atoms with Crippen LogP contribution in [0.4, 0.5) is 5.95 Å². The standard InChI is InChI=1S/C12H17N3OS/c1-11(2,8-16)9-4-7-13-10(14-9)15-17-12(3)5-6-12/h4,7-8H,5-6H2,1-3H3,(H,13,14,15). The van der Waals surface area contributed by atoms with Crippen LogP contribution < -0.4 is 4.72 Å². The van der Waals surface area contributed by atoms with E-state index < -0.39 is 5.41 Å². The minimum absolute atomic E-state index is 0.333. The molecular formula is C12H17N3OS. The van der Waals surface area contributed by atoms with Crippen molar-refractivity contribution in [1.29, 1.82) is 0 Å². The Bertz CT molecular complexity index is 430. The maximum Gasteiger partial charge on any atom is 0.233 e. The summed E-state index contributed by atoms with van der Waals surface area (Å²) in [6, 6.07) is 1.78. The summed E-state index contributed by atoms with van der Waals surface area (Å²) in [6.45, 7) is 5.91. The Labute approximate surface area is 106 Å². The van der Waals surface area contributed by atoms with Crippen molar-refractivity contribution in [3.8, 4) is 0 Å². The van der Waals surface area contributed by atoms with Gasteiger partial charge in [0.15, 0.2) is 0 Å². The predicted molar refractivity (Wildman–Crippen MR) is 70.0 cm³/mol. The summed E-state index contributed by atoms with van der Waals surface area (Å²) in [4.78, 5) is 19.5. The van der Waals surface area contributed by atoms with E-state index in [-0.39, 0.29) is 0 Å². The number of aldehydes is 1. The molecule has 0 saturated heterocycles. The first-order chi connectivity index (χ1) is 7.95. The number of nitrogens with one attached hydrogen (secondary N) is 1. The zero-order valence-electron chi connectivity index (χ0n) is 10.4. The van der Waals surface area contributed by atoms with E-state index in [2.05, 4.69) is 21.6 Å². The normalized spacial score (nSPS) is 17.6. The highest BCUT2D eigenvalue weighted by molar-refractivity contribution is 8.02. The summed E-state index contributed by atoms with van der Waals surface area (Å²) >= 11 is 1.66. The van der Waals surface area contributed by atoms with Gasteiger partial charge in [-0.3, -0.25) is 4.72 Å². The van der Waals surface area contributed by atoms with Crippen LogP contribution in [-0.4, -0.2) is 21.0 Å². The number of carbonyl (C=O) groups excluding carboxylic acids is 1. The van der Waals surface area contributed by atoms with Crippen molar-refractivity contribution in [3.05, 3.63) is 18.0 Å². The Morgan fingerprint density at radius 3 is 2.82 bits per heavy atom. The first-order valence-corrected chi connectivity index (χ1v) is 6.51. The van der Waals surface area contributed by atoms with E-state index in [1.165, 1.54) is 12.8 Å². The van der Waals surface area contributed by atoms with E-state index in [0.29, 0.717) is 10.7 Å². The number of hydrogen-bond donors (Lipinski definition) is 1. The van der Waals surface area contributed by atoms with Gasteiger partial charge in [0.2, 0.25) is 5.95 Å². The molecular weight excluding hydrogens is 234 g/mol. The zero-order chi connectivity index (χ0) is 12.5. The molecule has 0 bridgehead atoms. The maximum atomic E-state index is 11.0. The molecule has 1 saturated carbocycles. The lowest BCUT2D eigenvalue weighted by Crippen LogP contribution is -2.21. The fourth-order valence-corrected chi connectivity index (χ4v) is 2.02. The molecule has 0 aromatic carbocycles. The molecule has 1 aliphatic rings. The van der Waals surface area contributed by atoms with Crippen molar-refractivity contribution in [3.63, 3.8) is 0 Å². The second kappa shape index (κ2) is 4.29. The number of hydrogen-bond acceptors (Lipinski definition) is 5. The minimum atomic E-state index is -0.562. The molecule has 1 fully saturated rings. The Morgan fingerprint density at radius 1 is 1.53 bits per heavy atom. The van der Waals surface area contributed by atoms with Gasteiger partial charge >= 0.3 is 0 Å². The third-order valence-corrected chi connectivity index (χ3v) is 4.14. The zero-order valence-corrected chi connectivity index (χ0v) is 11.2. The van der Waals surface area contributed by atoms with Gasteiger partial charge in [-0.2, -0.15) is 0 Å². The fourth-order valence-electron chi connectivity index (χ4n) is 1.27. The quantitative estimate of drug-likeness (QED) is 0.644. The van der Waals surface area contributed by atoms with Crippen LogP contribution in [-0.2, 0) is 10.2 Å². The third kappa shape index (κ3) is 2.97. The van der Waals surface area contributed by atoms with Crippen molar-refractivity contribution < 1.29 is 4.79 Å². The predicted octanol–water partition coefficient (Wildman–Crippen LogP) is 2.57. The third-order valence-electron chi connectivity index (χ3n) is 2.95. The highest BCUT2D eigenvalue weighted by Crippen LogP contribution is 2.47. The van der Waals surface area contributed by atoms with Gasteiger partial charge in [0.25, 0.3) is 0 Å². The van der Waals surface area contributed by atoms with E-state index in [0.717, 1.165) is 12.0 Å². The van der Waals surface area contributed by atoms with Gasteiger partial charge in [0.1, 0.15) is 6.29 Å². The molecule has 1 aromatic heterocycles. The van der Waals surface area contributed by atoms with Crippen molar-refractivity contribution in [2.24, 2.45) is 0 Å². The highest BCUT2D eigenvalue weighted by Gasteiger charge is 2.38. The van der Waals surface area contributed by atoms with Crippen LogP contribution in [0, 0.1) is 0 Å². The molecule has 0 radical (unpaired) electrons. The second-order valence-corrected chi connectivity index (χ2v) is 6.65. The summed E-state index contributed by atoms with van der Waals surface area (Å²) in [5, 5.41) is 0. The van der Waals surface area contributed by atoms with Crippen molar-refractivity contribution in [2.75, 3.05) is 4.72 Å². The molecule has 0 atom stereocenters. The van der Waals surface area contributed by atoms with Gasteiger partial charge in [0, 0.05) is 10.9 Å². The van der Waals surface area contributed by atoms with Gasteiger partial charge in [-0.25, -0.2) is 9.97 Å². The Hall–Kier alpha value is -1.10. The van der Waals surface area contributed by atoms with Crippen LogP contribution in [0.25, 0.3) is 0 Å². The van der Waals surface area contributed by atoms with Crippen LogP contribution in [0.3, 0.4) is 0 Å². The van der Waals surface area contributed by atoms with Crippen LogP contribution in [0.1, 0.15) is 39.3 Å². The first kappa shape index (κ1) is 12.4. The lowest BCUT2D eigenvalue weighted by molar-refractivity contribution is -0.111. The molecule has 4 nitrogen and oxygen atoms in total. The largest absolute Gasteiger partial charge is 0.302 e. The lowest BCUT2D eigenvalue weighted by atomic mass is 9.91. The van der Waals surface area contributed by atoms with Crippen LogP contribution in [0.2, 0.25) is 0 Å². The van der Waals surface area contributed by atoms with E-state index in [4.69, 9.17) is 0 Å². The maximum absolute atomic E-state index is 11.0. The van der Waals surface area contributed by atoms with Gasteiger partial charge in [-0.1, -0.05) is 0 Å². The van der Waals surface area contributed by atoms with Crippen LogP contribution in [0.5, 0.6) is 0 Å². The number of aromatic nitrogens is 2. The molecule has 1 N–H and O–H groups in total. The molecule has 2 rings (SSSR count). The summed E-state index contributed by atoms with van der Waals surface area (Å²) < 4.78 is 3.50. The fraction of sp³-hybridized carbons (Fsp3) is 0.583. The molecule has 0 spiro atoms. The number of anilines is 1. The van der Waals surface area contributed by atoms with Crippen LogP contribution in [0.15, 0.2) is 12.3 Å². The van der Waals surface area contributed by atoms with Crippen LogP contribution >= 0.6 is 11.9 Å². The average molecular weight is 251 g/mol.